The first-order chi connectivity index (χ1) is 6.57. The molecule has 0 amide bonds. The standard InChI is InChI=1S/C9H13ClO4/c1-7(9(12)13)3-2-6-14-8(11)4-5-10/h3H,2,4-6H2,1H3,(H,12,13). The number of carboxylic acid groups (broad SMARTS) is 1. The van der Waals surface area contributed by atoms with E-state index in [9.17, 15) is 9.59 Å². The Morgan fingerprint density at radius 2 is 2.14 bits per heavy atom. The van der Waals surface area contributed by atoms with Gasteiger partial charge in [-0.15, -0.1) is 11.6 Å². The molecule has 5 heteroatoms. The Bertz CT molecular complexity index is 235. The summed E-state index contributed by atoms with van der Waals surface area (Å²) in [5, 5.41) is 8.48. The first-order valence-electron chi connectivity index (χ1n) is 4.19. The van der Waals surface area contributed by atoms with Crippen molar-refractivity contribution in [2.45, 2.75) is 19.8 Å². The molecule has 0 aliphatic carbocycles. The monoisotopic (exact) mass is 220 g/mol. The van der Waals surface area contributed by atoms with Crippen molar-refractivity contribution >= 4 is 23.5 Å². The third-order valence-corrected chi connectivity index (χ3v) is 1.66. The van der Waals surface area contributed by atoms with Gasteiger partial charge in [-0.25, -0.2) is 4.79 Å². The van der Waals surface area contributed by atoms with Crippen LogP contribution in [0.3, 0.4) is 0 Å². The van der Waals surface area contributed by atoms with E-state index in [0.29, 0.717) is 6.42 Å². The van der Waals surface area contributed by atoms with Crippen LogP contribution in [0.15, 0.2) is 11.6 Å². The first-order valence-corrected chi connectivity index (χ1v) is 4.73. The molecule has 0 aromatic carbocycles. The highest BCUT2D eigenvalue weighted by atomic mass is 35.5. The Hall–Kier alpha value is -1.03. The number of hydrogen-bond donors (Lipinski definition) is 1. The van der Waals surface area contributed by atoms with Gasteiger partial charge >= 0.3 is 11.9 Å². The number of hydrogen-bond acceptors (Lipinski definition) is 3. The molecule has 0 spiro atoms. The van der Waals surface area contributed by atoms with Crippen LogP contribution >= 0.6 is 11.6 Å². The third-order valence-electron chi connectivity index (χ3n) is 1.47. The van der Waals surface area contributed by atoms with Crippen molar-refractivity contribution in [2.75, 3.05) is 12.5 Å². The molecular weight excluding hydrogens is 208 g/mol. The van der Waals surface area contributed by atoms with Crippen molar-refractivity contribution in [2.24, 2.45) is 0 Å². The van der Waals surface area contributed by atoms with E-state index in [1.165, 1.54) is 13.0 Å². The van der Waals surface area contributed by atoms with E-state index in [2.05, 4.69) is 0 Å². The maximum Gasteiger partial charge on any atom is 0.330 e. The molecule has 0 saturated heterocycles. The maximum absolute atomic E-state index is 10.8. The van der Waals surface area contributed by atoms with E-state index in [0.717, 1.165) is 0 Å². The normalized spacial score (nSPS) is 11.1. The quantitative estimate of drug-likeness (QED) is 0.320. The van der Waals surface area contributed by atoms with Crippen LogP contribution in [-0.4, -0.2) is 29.5 Å². The molecule has 80 valence electrons. The Morgan fingerprint density at radius 3 is 2.64 bits per heavy atom. The largest absolute Gasteiger partial charge is 0.478 e. The van der Waals surface area contributed by atoms with Crippen LogP contribution in [0.1, 0.15) is 19.8 Å². The average molecular weight is 221 g/mol. The predicted octanol–water partition coefficient (Wildman–Crippen LogP) is 1.58. The number of halogens is 1. The minimum atomic E-state index is -0.961. The molecule has 1 N–H and O–H groups in total. The minimum Gasteiger partial charge on any atom is -0.478 e. The summed E-state index contributed by atoms with van der Waals surface area (Å²) >= 11 is 5.31. The Balaban J connectivity index is 3.60. The SMILES string of the molecule is CC(=CCCOC(=O)CCCl)C(=O)O. The number of ether oxygens (including phenoxy) is 1. The summed E-state index contributed by atoms with van der Waals surface area (Å²) in [6.07, 6.45) is 2.10. The fourth-order valence-corrected chi connectivity index (χ4v) is 0.839. The summed E-state index contributed by atoms with van der Waals surface area (Å²) in [6.45, 7) is 1.68. The van der Waals surface area contributed by atoms with Crippen molar-refractivity contribution in [3.63, 3.8) is 0 Å². The summed E-state index contributed by atoms with van der Waals surface area (Å²) < 4.78 is 4.75. The molecule has 0 aromatic rings. The van der Waals surface area contributed by atoms with Gasteiger partial charge in [0.1, 0.15) is 0 Å². The van der Waals surface area contributed by atoms with Crippen LogP contribution in [0.2, 0.25) is 0 Å². The van der Waals surface area contributed by atoms with Gasteiger partial charge in [0.2, 0.25) is 0 Å². The summed E-state index contributed by atoms with van der Waals surface area (Å²) in [6, 6.07) is 0. The van der Waals surface area contributed by atoms with Gasteiger partial charge in [-0.3, -0.25) is 4.79 Å². The highest BCUT2D eigenvalue weighted by molar-refractivity contribution is 6.18. The van der Waals surface area contributed by atoms with E-state index in [1.807, 2.05) is 0 Å². The van der Waals surface area contributed by atoms with E-state index in [4.69, 9.17) is 21.4 Å². The predicted molar refractivity (Wildman–Crippen MR) is 52.3 cm³/mol. The molecule has 0 aliphatic rings. The van der Waals surface area contributed by atoms with Gasteiger partial charge in [0, 0.05) is 17.9 Å². The van der Waals surface area contributed by atoms with Gasteiger partial charge in [0.25, 0.3) is 0 Å². The summed E-state index contributed by atoms with van der Waals surface area (Å²) in [4.78, 5) is 21.1. The first kappa shape index (κ1) is 13.0. The van der Waals surface area contributed by atoms with Crippen molar-refractivity contribution in [3.8, 4) is 0 Å². The van der Waals surface area contributed by atoms with Crippen LogP contribution < -0.4 is 0 Å². The molecule has 0 aromatic heterocycles. The topological polar surface area (TPSA) is 63.6 Å². The zero-order chi connectivity index (χ0) is 11.0. The lowest BCUT2D eigenvalue weighted by atomic mass is 10.2. The van der Waals surface area contributed by atoms with Gasteiger partial charge in [-0.2, -0.15) is 0 Å². The lowest BCUT2D eigenvalue weighted by molar-refractivity contribution is -0.143. The summed E-state index contributed by atoms with van der Waals surface area (Å²) in [5.41, 5.74) is 0.249. The van der Waals surface area contributed by atoms with Gasteiger partial charge in [-0.05, 0) is 6.92 Å². The Kier molecular flexibility index (Phi) is 6.84. The second-order valence-corrected chi connectivity index (χ2v) is 3.02. The second-order valence-electron chi connectivity index (χ2n) is 2.64. The van der Waals surface area contributed by atoms with Crippen LogP contribution in [0, 0.1) is 0 Å². The van der Waals surface area contributed by atoms with Crippen molar-refractivity contribution in [1.29, 1.82) is 0 Å². The van der Waals surface area contributed by atoms with Gasteiger partial charge in [-0.1, -0.05) is 6.08 Å². The molecule has 14 heavy (non-hydrogen) atoms. The molecule has 0 bridgehead atoms. The van der Waals surface area contributed by atoms with Crippen LogP contribution in [0.5, 0.6) is 0 Å². The molecule has 0 heterocycles. The van der Waals surface area contributed by atoms with Crippen LogP contribution in [0.4, 0.5) is 0 Å². The zero-order valence-corrected chi connectivity index (χ0v) is 8.71. The number of carbonyl (C=O) groups is 2. The smallest absolute Gasteiger partial charge is 0.330 e. The molecule has 0 radical (unpaired) electrons. The van der Waals surface area contributed by atoms with E-state index < -0.39 is 5.97 Å². The molecule has 0 fully saturated rings. The molecule has 0 unspecified atom stereocenters. The van der Waals surface area contributed by atoms with E-state index >= 15 is 0 Å². The molecule has 4 nitrogen and oxygen atoms in total. The summed E-state index contributed by atoms with van der Waals surface area (Å²) in [7, 11) is 0. The minimum absolute atomic E-state index is 0.184. The maximum atomic E-state index is 10.8. The molecule has 0 saturated carbocycles. The number of carboxylic acids is 1. The van der Waals surface area contributed by atoms with Crippen molar-refractivity contribution in [3.05, 3.63) is 11.6 Å². The highest BCUT2D eigenvalue weighted by Crippen LogP contribution is 1.97. The van der Waals surface area contributed by atoms with E-state index in [1.54, 1.807) is 0 Å². The van der Waals surface area contributed by atoms with Gasteiger partial charge in [0.05, 0.1) is 13.0 Å². The highest BCUT2D eigenvalue weighted by Gasteiger charge is 2.01. The number of carbonyl (C=O) groups excluding carboxylic acids is 1. The molecule has 0 rings (SSSR count). The van der Waals surface area contributed by atoms with Crippen LogP contribution in [0.25, 0.3) is 0 Å². The number of alkyl halides is 1. The molecule has 0 aliphatic heterocycles. The number of rotatable bonds is 6. The fraction of sp³-hybridized carbons (Fsp3) is 0.556. The molecular formula is C9H13ClO4. The Morgan fingerprint density at radius 1 is 1.50 bits per heavy atom. The lowest BCUT2D eigenvalue weighted by Crippen LogP contribution is -2.06. The lowest BCUT2D eigenvalue weighted by Gasteiger charge is -2.00. The van der Waals surface area contributed by atoms with E-state index in [-0.39, 0.29) is 30.5 Å². The third kappa shape index (κ3) is 6.48. The average Bonchev–Trinajstić information content (AvgIpc) is 2.12. The molecule has 0 atom stereocenters. The number of aliphatic carboxylic acids is 1. The van der Waals surface area contributed by atoms with Gasteiger partial charge < -0.3 is 9.84 Å². The fourth-order valence-electron chi connectivity index (χ4n) is 0.685. The number of esters is 1. The summed E-state index contributed by atoms with van der Waals surface area (Å²) in [5.74, 6) is -1.08. The zero-order valence-electron chi connectivity index (χ0n) is 7.96. The van der Waals surface area contributed by atoms with Crippen molar-refractivity contribution < 1.29 is 19.4 Å². The van der Waals surface area contributed by atoms with Gasteiger partial charge in [0.15, 0.2) is 0 Å². The van der Waals surface area contributed by atoms with Crippen molar-refractivity contribution in [1.82, 2.24) is 0 Å². The van der Waals surface area contributed by atoms with Crippen LogP contribution in [-0.2, 0) is 14.3 Å². The second kappa shape index (κ2) is 7.38. The Labute approximate surface area is 87.5 Å².